The van der Waals surface area contributed by atoms with E-state index in [2.05, 4.69) is 15.3 Å². The van der Waals surface area contributed by atoms with Crippen molar-refractivity contribution in [1.82, 2.24) is 15.3 Å². The second kappa shape index (κ2) is 6.16. The van der Waals surface area contributed by atoms with Crippen molar-refractivity contribution in [2.24, 2.45) is 0 Å². The van der Waals surface area contributed by atoms with Crippen molar-refractivity contribution in [3.05, 3.63) is 78.1 Å². The zero-order valence-corrected chi connectivity index (χ0v) is 13.1. The quantitative estimate of drug-likeness (QED) is 0.603. The van der Waals surface area contributed by atoms with Gasteiger partial charge in [0.2, 0.25) is 0 Å². The van der Waals surface area contributed by atoms with Gasteiger partial charge in [0.25, 0.3) is 5.91 Å². The molecule has 1 heterocycles. The van der Waals surface area contributed by atoms with Crippen LogP contribution in [0, 0.1) is 0 Å². The fourth-order valence-electron chi connectivity index (χ4n) is 2.94. The molecule has 1 aromatic heterocycles. The third kappa shape index (κ3) is 2.74. The summed E-state index contributed by atoms with van der Waals surface area (Å²) in [7, 11) is 0. The monoisotopic (exact) mass is 315 g/mol. The van der Waals surface area contributed by atoms with Crippen molar-refractivity contribution in [3.8, 4) is 0 Å². The van der Waals surface area contributed by atoms with Gasteiger partial charge in [-0.15, -0.1) is 0 Å². The van der Waals surface area contributed by atoms with E-state index in [9.17, 15) is 4.79 Å². The summed E-state index contributed by atoms with van der Waals surface area (Å²) in [6, 6.07) is 21.6. The number of nitrogens with one attached hydrogen (secondary N) is 2. The lowest BCUT2D eigenvalue weighted by atomic mass is 10.0. The molecule has 0 radical (unpaired) electrons. The summed E-state index contributed by atoms with van der Waals surface area (Å²) in [6.07, 6.45) is 0.672. The topological polar surface area (TPSA) is 57.8 Å². The van der Waals surface area contributed by atoms with Gasteiger partial charge in [0.1, 0.15) is 5.82 Å². The van der Waals surface area contributed by atoms with Crippen molar-refractivity contribution < 1.29 is 4.79 Å². The van der Waals surface area contributed by atoms with Crippen LogP contribution in [-0.2, 0) is 6.42 Å². The molecule has 0 bridgehead atoms. The van der Waals surface area contributed by atoms with Gasteiger partial charge in [-0.2, -0.15) is 0 Å². The molecule has 3 aromatic carbocycles. The number of carbonyl (C=O) groups excluding carboxylic acids is 1. The Morgan fingerprint density at radius 1 is 0.958 bits per heavy atom. The fraction of sp³-hybridized carbons (Fsp3) is 0.100. The molecular formula is C20H17N3O. The Morgan fingerprint density at radius 3 is 2.67 bits per heavy atom. The molecule has 0 spiro atoms. The predicted octanol–water partition coefficient (Wildman–Crippen LogP) is 3.69. The van der Waals surface area contributed by atoms with Gasteiger partial charge >= 0.3 is 0 Å². The van der Waals surface area contributed by atoms with Crippen LogP contribution in [0.4, 0.5) is 0 Å². The Kier molecular flexibility index (Phi) is 3.71. The summed E-state index contributed by atoms with van der Waals surface area (Å²) in [6.45, 7) is 0.544. The Labute approximate surface area is 139 Å². The minimum atomic E-state index is -0.0529. The average Bonchev–Trinajstić information content (AvgIpc) is 3.04. The van der Waals surface area contributed by atoms with E-state index in [1.54, 1.807) is 0 Å². The third-order valence-corrected chi connectivity index (χ3v) is 4.12. The minimum absolute atomic E-state index is 0.0529. The number of hydrogen-bond donors (Lipinski definition) is 2. The maximum absolute atomic E-state index is 12.5. The van der Waals surface area contributed by atoms with Crippen molar-refractivity contribution >= 4 is 27.7 Å². The lowest BCUT2D eigenvalue weighted by Gasteiger charge is -2.07. The van der Waals surface area contributed by atoms with E-state index >= 15 is 0 Å². The first-order chi connectivity index (χ1) is 11.8. The zero-order valence-electron chi connectivity index (χ0n) is 13.1. The summed E-state index contributed by atoms with van der Waals surface area (Å²) >= 11 is 0. The number of aromatic nitrogens is 2. The smallest absolute Gasteiger partial charge is 0.251 e. The molecule has 4 rings (SSSR count). The van der Waals surface area contributed by atoms with Gasteiger partial charge in [0.05, 0.1) is 11.0 Å². The summed E-state index contributed by atoms with van der Waals surface area (Å²) in [5.74, 6) is 0.831. The molecule has 4 heteroatoms. The highest BCUT2D eigenvalue weighted by Crippen LogP contribution is 2.18. The van der Waals surface area contributed by atoms with Crippen molar-refractivity contribution in [3.63, 3.8) is 0 Å². The maximum Gasteiger partial charge on any atom is 0.251 e. The first-order valence-corrected chi connectivity index (χ1v) is 8.01. The van der Waals surface area contributed by atoms with Crippen LogP contribution < -0.4 is 5.32 Å². The molecule has 1 amide bonds. The minimum Gasteiger partial charge on any atom is -0.352 e. The van der Waals surface area contributed by atoms with E-state index in [0.717, 1.165) is 27.6 Å². The van der Waals surface area contributed by atoms with Crippen LogP contribution in [0.5, 0.6) is 0 Å². The molecule has 4 nitrogen and oxygen atoms in total. The third-order valence-electron chi connectivity index (χ3n) is 4.12. The van der Waals surface area contributed by atoms with Crippen molar-refractivity contribution in [1.29, 1.82) is 0 Å². The van der Waals surface area contributed by atoms with Crippen LogP contribution in [-0.4, -0.2) is 22.4 Å². The average molecular weight is 315 g/mol. The molecule has 0 aliphatic heterocycles. The van der Waals surface area contributed by atoms with Gasteiger partial charge < -0.3 is 10.3 Å². The SMILES string of the molecule is O=C(NCCc1nc2ccccc2[nH]1)c1cccc2ccccc12. The molecule has 0 saturated carbocycles. The van der Waals surface area contributed by atoms with Gasteiger partial charge in [0.15, 0.2) is 0 Å². The fourth-order valence-corrected chi connectivity index (χ4v) is 2.94. The standard InChI is InChI=1S/C20H17N3O/c24-20(16-9-5-7-14-6-1-2-8-15(14)16)21-13-12-19-22-17-10-3-4-11-18(17)23-19/h1-11H,12-13H2,(H,21,24)(H,22,23). The van der Waals surface area contributed by atoms with E-state index in [1.807, 2.05) is 66.7 Å². The second-order valence-corrected chi connectivity index (χ2v) is 5.73. The van der Waals surface area contributed by atoms with Gasteiger partial charge in [0, 0.05) is 18.5 Å². The first-order valence-electron chi connectivity index (χ1n) is 8.01. The van der Waals surface area contributed by atoms with E-state index in [4.69, 9.17) is 0 Å². The predicted molar refractivity (Wildman–Crippen MR) is 96.1 cm³/mol. The summed E-state index contributed by atoms with van der Waals surface area (Å²) in [5.41, 5.74) is 2.68. The van der Waals surface area contributed by atoms with Crippen LogP contribution in [0.1, 0.15) is 16.2 Å². The van der Waals surface area contributed by atoms with Crippen molar-refractivity contribution in [2.45, 2.75) is 6.42 Å². The molecular weight excluding hydrogens is 298 g/mol. The molecule has 0 unspecified atom stereocenters. The molecule has 24 heavy (non-hydrogen) atoms. The van der Waals surface area contributed by atoms with Crippen LogP contribution in [0.2, 0.25) is 0 Å². The number of benzene rings is 3. The summed E-state index contributed by atoms with van der Waals surface area (Å²) in [5, 5.41) is 5.03. The number of para-hydroxylation sites is 2. The molecule has 0 aliphatic rings. The van der Waals surface area contributed by atoms with Crippen LogP contribution in [0.25, 0.3) is 21.8 Å². The van der Waals surface area contributed by atoms with E-state index in [0.29, 0.717) is 18.5 Å². The number of carbonyl (C=O) groups is 1. The highest BCUT2D eigenvalue weighted by atomic mass is 16.1. The van der Waals surface area contributed by atoms with Gasteiger partial charge in [-0.25, -0.2) is 4.98 Å². The lowest BCUT2D eigenvalue weighted by molar-refractivity contribution is 0.0955. The molecule has 0 saturated heterocycles. The van der Waals surface area contributed by atoms with Gasteiger partial charge in [-0.1, -0.05) is 48.5 Å². The molecule has 118 valence electrons. The number of nitrogens with zero attached hydrogens (tertiary/aromatic N) is 1. The number of amides is 1. The van der Waals surface area contributed by atoms with Crippen LogP contribution in [0.15, 0.2) is 66.7 Å². The Hall–Kier alpha value is -3.14. The van der Waals surface area contributed by atoms with Crippen LogP contribution in [0.3, 0.4) is 0 Å². The number of imidazole rings is 1. The zero-order chi connectivity index (χ0) is 16.4. The number of H-pyrrole nitrogens is 1. The summed E-state index contributed by atoms with van der Waals surface area (Å²) in [4.78, 5) is 20.3. The lowest BCUT2D eigenvalue weighted by Crippen LogP contribution is -2.26. The summed E-state index contributed by atoms with van der Waals surface area (Å²) < 4.78 is 0. The van der Waals surface area contributed by atoms with E-state index < -0.39 is 0 Å². The molecule has 0 atom stereocenters. The Bertz CT molecular complexity index is 981. The Balaban J connectivity index is 1.46. The molecule has 0 fully saturated rings. The molecule has 0 aliphatic carbocycles. The number of aromatic amines is 1. The number of fused-ring (bicyclic) bond motifs is 2. The Morgan fingerprint density at radius 2 is 1.75 bits per heavy atom. The normalized spacial score (nSPS) is 11.0. The largest absolute Gasteiger partial charge is 0.352 e. The highest BCUT2D eigenvalue weighted by Gasteiger charge is 2.09. The number of rotatable bonds is 4. The van der Waals surface area contributed by atoms with E-state index in [-0.39, 0.29) is 5.91 Å². The maximum atomic E-state index is 12.5. The van der Waals surface area contributed by atoms with E-state index in [1.165, 1.54) is 0 Å². The van der Waals surface area contributed by atoms with Crippen molar-refractivity contribution in [2.75, 3.05) is 6.54 Å². The van der Waals surface area contributed by atoms with Gasteiger partial charge in [-0.05, 0) is 29.0 Å². The molecule has 4 aromatic rings. The van der Waals surface area contributed by atoms with Gasteiger partial charge in [-0.3, -0.25) is 4.79 Å². The molecule has 2 N–H and O–H groups in total. The first kappa shape index (κ1) is 14.5. The second-order valence-electron chi connectivity index (χ2n) is 5.73. The van der Waals surface area contributed by atoms with Crippen LogP contribution >= 0.6 is 0 Å². The number of hydrogen-bond acceptors (Lipinski definition) is 2. The highest BCUT2D eigenvalue weighted by molar-refractivity contribution is 6.06.